The van der Waals surface area contributed by atoms with Crippen LogP contribution in [0.25, 0.3) is 0 Å². The van der Waals surface area contributed by atoms with Crippen molar-refractivity contribution in [2.45, 2.75) is 57.6 Å². The minimum atomic E-state index is -0.0965. The second-order valence-corrected chi connectivity index (χ2v) is 6.28. The molecule has 0 atom stereocenters. The van der Waals surface area contributed by atoms with Crippen molar-refractivity contribution in [2.75, 3.05) is 19.7 Å². The van der Waals surface area contributed by atoms with Crippen LogP contribution in [0.1, 0.15) is 46.0 Å². The van der Waals surface area contributed by atoms with Crippen LogP contribution < -0.4 is 5.73 Å². The zero-order valence-electron chi connectivity index (χ0n) is 11.7. The number of rotatable bonds is 2. The molecule has 1 spiro atoms. The first kappa shape index (κ1) is 13.8. The van der Waals surface area contributed by atoms with Crippen LogP contribution >= 0.6 is 0 Å². The van der Waals surface area contributed by atoms with E-state index < -0.39 is 0 Å². The summed E-state index contributed by atoms with van der Waals surface area (Å²) in [6.07, 6.45) is 4.69. The molecule has 2 N–H and O–H groups in total. The molecule has 0 unspecified atom stereocenters. The summed E-state index contributed by atoms with van der Waals surface area (Å²) in [6, 6.07) is 0.320. The van der Waals surface area contributed by atoms with E-state index in [2.05, 4.69) is 13.8 Å². The van der Waals surface area contributed by atoms with E-state index in [1.165, 1.54) is 0 Å². The lowest BCUT2D eigenvalue weighted by molar-refractivity contribution is -0.157. The predicted molar refractivity (Wildman–Crippen MR) is 71.2 cm³/mol. The van der Waals surface area contributed by atoms with Gasteiger partial charge in [-0.05, 0) is 31.6 Å². The summed E-state index contributed by atoms with van der Waals surface area (Å²) >= 11 is 0. The van der Waals surface area contributed by atoms with E-state index in [0.29, 0.717) is 25.0 Å². The molecule has 18 heavy (non-hydrogen) atoms. The number of morpholine rings is 1. The van der Waals surface area contributed by atoms with Gasteiger partial charge in [0.2, 0.25) is 5.91 Å². The number of ether oxygens (including phenoxy) is 1. The van der Waals surface area contributed by atoms with E-state index in [9.17, 15) is 4.79 Å². The monoisotopic (exact) mass is 254 g/mol. The lowest BCUT2D eigenvalue weighted by Gasteiger charge is -2.46. The summed E-state index contributed by atoms with van der Waals surface area (Å²) in [4.78, 5) is 14.1. The first-order chi connectivity index (χ1) is 8.51. The Morgan fingerprint density at radius 1 is 1.44 bits per heavy atom. The molecule has 2 aliphatic rings. The van der Waals surface area contributed by atoms with Crippen LogP contribution in [-0.4, -0.2) is 42.1 Å². The zero-order chi connectivity index (χ0) is 13.2. The molecule has 1 saturated heterocycles. The lowest BCUT2D eigenvalue weighted by atomic mass is 9.81. The second kappa shape index (κ2) is 5.57. The molecule has 0 bridgehead atoms. The third kappa shape index (κ3) is 3.23. The summed E-state index contributed by atoms with van der Waals surface area (Å²) in [5, 5.41) is 0. The lowest BCUT2D eigenvalue weighted by Crippen LogP contribution is -2.56. The Bertz CT molecular complexity index is 296. The summed E-state index contributed by atoms with van der Waals surface area (Å²) in [5.74, 6) is 0.707. The topological polar surface area (TPSA) is 55.6 Å². The molecule has 1 aliphatic heterocycles. The molecule has 1 saturated carbocycles. The Morgan fingerprint density at radius 3 is 2.72 bits per heavy atom. The number of carbonyl (C=O) groups is 1. The van der Waals surface area contributed by atoms with E-state index in [-0.39, 0.29) is 11.5 Å². The maximum Gasteiger partial charge on any atom is 0.223 e. The Morgan fingerprint density at radius 2 is 2.11 bits per heavy atom. The summed E-state index contributed by atoms with van der Waals surface area (Å²) < 4.78 is 5.99. The Balaban J connectivity index is 1.94. The average molecular weight is 254 g/mol. The van der Waals surface area contributed by atoms with Gasteiger partial charge in [-0.25, -0.2) is 0 Å². The van der Waals surface area contributed by atoms with Crippen molar-refractivity contribution in [3.63, 3.8) is 0 Å². The molecular formula is C14H26N2O2. The Labute approximate surface area is 110 Å². The fourth-order valence-corrected chi connectivity index (χ4v) is 3.00. The number of hydrogen-bond acceptors (Lipinski definition) is 3. The summed E-state index contributed by atoms with van der Waals surface area (Å²) in [7, 11) is 0. The highest BCUT2D eigenvalue weighted by Gasteiger charge is 2.40. The second-order valence-electron chi connectivity index (χ2n) is 6.28. The Hall–Kier alpha value is -0.610. The van der Waals surface area contributed by atoms with Gasteiger partial charge in [0, 0.05) is 25.6 Å². The van der Waals surface area contributed by atoms with Gasteiger partial charge in [0.25, 0.3) is 0 Å². The number of amides is 1. The van der Waals surface area contributed by atoms with E-state index >= 15 is 0 Å². The van der Waals surface area contributed by atoms with E-state index in [0.717, 1.165) is 38.8 Å². The zero-order valence-corrected chi connectivity index (χ0v) is 11.7. The van der Waals surface area contributed by atoms with Gasteiger partial charge in [-0.2, -0.15) is 0 Å². The first-order valence-corrected chi connectivity index (χ1v) is 7.18. The number of nitrogens with zero attached hydrogens (tertiary/aromatic N) is 1. The molecule has 0 aromatic carbocycles. The van der Waals surface area contributed by atoms with Crippen molar-refractivity contribution in [1.29, 1.82) is 0 Å². The smallest absolute Gasteiger partial charge is 0.223 e. The number of carbonyl (C=O) groups excluding carboxylic acids is 1. The molecule has 2 rings (SSSR count). The molecular weight excluding hydrogens is 228 g/mol. The van der Waals surface area contributed by atoms with Gasteiger partial charge in [-0.1, -0.05) is 13.8 Å². The van der Waals surface area contributed by atoms with Crippen LogP contribution in [0, 0.1) is 5.92 Å². The van der Waals surface area contributed by atoms with Crippen LogP contribution in [0.5, 0.6) is 0 Å². The third-order valence-electron chi connectivity index (χ3n) is 4.13. The van der Waals surface area contributed by atoms with Crippen molar-refractivity contribution in [2.24, 2.45) is 11.7 Å². The predicted octanol–water partition coefficient (Wildman–Crippen LogP) is 1.53. The largest absolute Gasteiger partial charge is 0.371 e. The molecule has 4 heteroatoms. The van der Waals surface area contributed by atoms with E-state index in [1.807, 2.05) is 4.90 Å². The summed E-state index contributed by atoms with van der Waals surface area (Å²) in [6.45, 7) is 6.38. The molecule has 1 amide bonds. The highest BCUT2D eigenvalue weighted by Crippen LogP contribution is 2.34. The Kier molecular flexibility index (Phi) is 4.28. The maximum absolute atomic E-state index is 12.1. The van der Waals surface area contributed by atoms with E-state index in [1.54, 1.807) is 0 Å². The van der Waals surface area contributed by atoms with Crippen molar-refractivity contribution >= 4 is 5.91 Å². The first-order valence-electron chi connectivity index (χ1n) is 7.18. The van der Waals surface area contributed by atoms with Crippen molar-refractivity contribution in [1.82, 2.24) is 4.90 Å². The van der Waals surface area contributed by atoms with Gasteiger partial charge in [-0.15, -0.1) is 0 Å². The minimum absolute atomic E-state index is 0.0965. The highest BCUT2D eigenvalue weighted by molar-refractivity contribution is 5.76. The van der Waals surface area contributed by atoms with E-state index in [4.69, 9.17) is 10.5 Å². The van der Waals surface area contributed by atoms with Crippen LogP contribution in [0.3, 0.4) is 0 Å². The fourth-order valence-electron chi connectivity index (χ4n) is 3.00. The molecule has 0 radical (unpaired) electrons. The van der Waals surface area contributed by atoms with Gasteiger partial charge >= 0.3 is 0 Å². The summed E-state index contributed by atoms with van der Waals surface area (Å²) in [5.41, 5.74) is 5.85. The number of nitrogens with two attached hydrogens (primary N) is 1. The van der Waals surface area contributed by atoms with Crippen molar-refractivity contribution in [3.05, 3.63) is 0 Å². The van der Waals surface area contributed by atoms with Gasteiger partial charge < -0.3 is 15.4 Å². The standard InChI is InChI=1S/C14H26N2O2/c1-11(2)9-13(17)16-7-8-18-14(10-16)5-3-12(15)4-6-14/h11-12H,3-10,15H2,1-2H3. The molecule has 1 aliphatic carbocycles. The van der Waals surface area contributed by atoms with Crippen LogP contribution in [0.4, 0.5) is 0 Å². The van der Waals surface area contributed by atoms with Gasteiger partial charge in [0.1, 0.15) is 0 Å². The van der Waals surface area contributed by atoms with Gasteiger partial charge in [0.05, 0.1) is 12.2 Å². The molecule has 0 aromatic rings. The van der Waals surface area contributed by atoms with Crippen molar-refractivity contribution < 1.29 is 9.53 Å². The van der Waals surface area contributed by atoms with Gasteiger partial charge in [-0.3, -0.25) is 4.79 Å². The van der Waals surface area contributed by atoms with Crippen LogP contribution in [-0.2, 0) is 9.53 Å². The molecule has 0 aromatic heterocycles. The van der Waals surface area contributed by atoms with Crippen LogP contribution in [0.2, 0.25) is 0 Å². The van der Waals surface area contributed by atoms with Crippen LogP contribution in [0.15, 0.2) is 0 Å². The number of hydrogen-bond donors (Lipinski definition) is 1. The SMILES string of the molecule is CC(C)CC(=O)N1CCOC2(CCC(N)CC2)C1. The quantitative estimate of drug-likeness (QED) is 0.813. The fraction of sp³-hybridized carbons (Fsp3) is 0.929. The molecule has 1 heterocycles. The van der Waals surface area contributed by atoms with Gasteiger partial charge in [0.15, 0.2) is 0 Å². The highest BCUT2D eigenvalue weighted by atomic mass is 16.5. The maximum atomic E-state index is 12.1. The third-order valence-corrected chi connectivity index (χ3v) is 4.13. The minimum Gasteiger partial charge on any atom is -0.371 e. The average Bonchev–Trinajstić information content (AvgIpc) is 2.33. The molecule has 104 valence electrons. The normalized spacial score (nSPS) is 33.1. The molecule has 4 nitrogen and oxygen atoms in total. The molecule has 2 fully saturated rings. The van der Waals surface area contributed by atoms with Crippen molar-refractivity contribution in [3.8, 4) is 0 Å².